The van der Waals surface area contributed by atoms with Gasteiger partial charge in [0.25, 0.3) is 11.8 Å². The Morgan fingerprint density at radius 2 is 1.10 bits per heavy atom. The molecular weight excluding hydrogens is 530 g/mol. The van der Waals surface area contributed by atoms with Gasteiger partial charge in [0.05, 0.1) is 49.8 Å². The minimum absolute atomic E-state index is 0.244. The third-order valence-electron chi connectivity index (χ3n) is 7.58. The molecule has 0 aromatic heterocycles. The van der Waals surface area contributed by atoms with E-state index in [1.165, 1.54) is 4.90 Å². The highest BCUT2D eigenvalue weighted by atomic mass is 16.7. The lowest BCUT2D eigenvalue weighted by Crippen LogP contribution is -2.60. The lowest BCUT2D eigenvalue weighted by Gasteiger charge is -2.44. The standard InChI is InChI=1S/C35H33NO6/c37-33-29-18-10-11-19-30(29)34(38)36(33)32-31(40-22-26-14-6-2-7-15-26)20-28(24-39-21-25-12-4-1-5-13-25)42-35(32)41-23-27-16-8-3-9-17-27/h1-19,28,31-32,35H,20-24H2/t28-,31-,32+,35+/m0/s1. The quantitative estimate of drug-likeness (QED) is 0.215. The highest BCUT2D eigenvalue weighted by Crippen LogP contribution is 2.34. The van der Waals surface area contributed by atoms with E-state index in [2.05, 4.69) is 0 Å². The van der Waals surface area contributed by atoms with Crippen molar-refractivity contribution >= 4 is 11.8 Å². The molecule has 0 aliphatic carbocycles. The van der Waals surface area contributed by atoms with Gasteiger partial charge >= 0.3 is 0 Å². The van der Waals surface area contributed by atoms with Gasteiger partial charge in [0.2, 0.25) is 0 Å². The van der Waals surface area contributed by atoms with E-state index in [-0.39, 0.29) is 24.5 Å². The molecule has 7 heteroatoms. The molecule has 0 radical (unpaired) electrons. The first-order chi connectivity index (χ1) is 20.7. The highest BCUT2D eigenvalue weighted by molar-refractivity contribution is 6.21. The molecule has 0 unspecified atom stereocenters. The van der Waals surface area contributed by atoms with Gasteiger partial charge in [-0.2, -0.15) is 0 Å². The van der Waals surface area contributed by atoms with Crippen LogP contribution in [-0.2, 0) is 38.8 Å². The van der Waals surface area contributed by atoms with Crippen molar-refractivity contribution in [3.63, 3.8) is 0 Å². The van der Waals surface area contributed by atoms with Crippen molar-refractivity contribution < 1.29 is 28.5 Å². The molecule has 2 amide bonds. The van der Waals surface area contributed by atoms with Gasteiger partial charge in [0.1, 0.15) is 6.04 Å². The second-order valence-corrected chi connectivity index (χ2v) is 10.5. The second kappa shape index (κ2) is 13.2. The SMILES string of the molecule is O=C1c2ccccc2C(=O)N1[C@H]1[C@H](OCc2ccccc2)O[C@H](COCc2ccccc2)C[C@@H]1OCc1ccccc1. The summed E-state index contributed by atoms with van der Waals surface area (Å²) in [6.45, 7) is 1.30. The van der Waals surface area contributed by atoms with E-state index in [1.807, 2.05) is 91.0 Å². The van der Waals surface area contributed by atoms with Crippen LogP contribution in [0.4, 0.5) is 0 Å². The average molecular weight is 564 g/mol. The number of hydrogen-bond donors (Lipinski definition) is 0. The molecule has 1 saturated heterocycles. The van der Waals surface area contributed by atoms with Gasteiger partial charge in [-0.15, -0.1) is 0 Å². The van der Waals surface area contributed by atoms with Crippen LogP contribution in [0.2, 0.25) is 0 Å². The van der Waals surface area contributed by atoms with Crippen LogP contribution in [0, 0.1) is 0 Å². The predicted octanol–water partition coefficient (Wildman–Crippen LogP) is 5.79. The molecule has 4 aromatic carbocycles. The summed E-state index contributed by atoms with van der Waals surface area (Å²) in [6, 6.07) is 35.6. The molecule has 4 aromatic rings. The van der Waals surface area contributed by atoms with Crippen molar-refractivity contribution in [2.75, 3.05) is 6.61 Å². The Balaban J connectivity index is 1.27. The van der Waals surface area contributed by atoms with Gasteiger partial charge in [-0.3, -0.25) is 14.5 Å². The number of nitrogens with zero attached hydrogens (tertiary/aromatic N) is 1. The van der Waals surface area contributed by atoms with Crippen LogP contribution in [0.5, 0.6) is 0 Å². The molecule has 2 aliphatic rings. The van der Waals surface area contributed by atoms with Crippen molar-refractivity contribution in [3.05, 3.63) is 143 Å². The Morgan fingerprint density at radius 3 is 1.64 bits per heavy atom. The number of rotatable bonds is 11. The van der Waals surface area contributed by atoms with Crippen LogP contribution >= 0.6 is 0 Å². The van der Waals surface area contributed by atoms with Gasteiger partial charge in [0.15, 0.2) is 6.29 Å². The first-order valence-electron chi connectivity index (χ1n) is 14.2. The van der Waals surface area contributed by atoms with Crippen LogP contribution in [0.3, 0.4) is 0 Å². The van der Waals surface area contributed by atoms with E-state index in [0.29, 0.717) is 37.4 Å². The molecule has 7 nitrogen and oxygen atoms in total. The summed E-state index contributed by atoms with van der Waals surface area (Å²) in [7, 11) is 0. The Labute approximate surface area is 245 Å². The lowest BCUT2D eigenvalue weighted by molar-refractivity contribution is -0.261. The minimum atomic E-state index is -0.924. The fourth-order valence-electron chi connectivity index (χ4n) is 5.49. The molecule has 0 bridgehead atoms. The summed E-state index contributed by atoms with van der Waals surface area (Å²) >= 11 is 0. The number of ether oxygens (including phenoxy) is 4. The first kappa shape index (κ1) is 28.0. The molecule has 2 aliphatic heterocycles. The Kier molecular flexibility index (Phi) is 8.82. The van der Waals surface area contributed by atoms with Gasteiger partial charge in [-0.25, -0.2) is 0 Å². The van der Waals surface area contributed by atoms with Crippen LogP contribution in [0.15, 0.2) is 115 Å². The van der Waals surface area contributed by atoms with Gasteiger partial charge in [-0.05, 0) is 28.8 Å². The molecule has 4 atom stereocenters. The van der Waals surface area contributed by atoms with Crippen molar-refractivity contribution in [3.8, 4) is 0 Å². The number of fused-ring (bicyclic) bond motifs is 1. The van der Waals surface area contributed by atoms with Crippen LogP contribution in [0.1, 0.15) is 43.8 Å². The number of imide groups is 1. The maximum atomic E-state index is 13.7. The molecule has 42 heavy (non-hydrogen) atoms. The zero-order valence-corrected chi connectivity index (χ0v) is 23.2. The van der Waals surface area contributed by atoms with Crippen molar-refractivity contribution in [2.24, 2.45) is 0 Å². The zero-order valence-electron chi connectivity index (χ0n) is 23.2. The molecule has 2 heterocycles. The van der Waals surface area contributed by atoms with E-state index < -0.39 is 18.4 Å². The van der Waals surface area contributed by atoms with Crippen LogP contribution < -0.4 is 0 Å². The maximum absolute atomic E-state index is 13.7. The van der Waals surface area contributed by atoms with Gasteiger partial charge < -0.3 is 18.9 Å². The lowest BCUT2D eigenvalue weighted by atomic mass is 9.98. The summed E-state index contributed by atoms with van der Waals surface area (Å²) in [5.74, 6) is -0.741. The Bertz CT molecular complexity index is 1390. The Hall–Kier alpha value is -4.14. The number of hydrogen-bond acceptors (Lipinski definition) is 6. The molecule has 214 valence electrons. The topological polar surface area (TPSA) is 74.3 Å². The molecule has 1 fully saturated rings. The van der Waals surface area contributed by atoms with E-state index in [0.717, 1.165) is 16.7 Å². The van der Waals surface area contributed by atoms with E-state index >= 15 is 0 Å². The number of carbonyl (C=O) groups is 2. The molecule has 0 N–H and O–H groups in total. The van der Waals surface area contributed by atoms with Crippen molar-refractivity contribution in [2.45, 2.75) is 50.8 Å². The Morgan fingerprint density at radius 1 is 0.619 bits per heavy atom. The smallest absolute Gasteiger partial charge is 0.262 e. The largest absolute Gasteiger partial charge is 0.374 e. The second-order valence-electron chi connectivity index (χ2n) is 10.5. The highest BCUT2D eigenvalue weighted by Gasteiger charge is 2.51. The summed E-state index contributed by atoms with van der Waals surface area (Å²) < 4.78 is 25.4. The number of carbonyl (C=O) groups excluding carboxylic acids is 2. The van der Waals surface area contributed by atoms with E-state index in [9.17, 15) is 9.59 Å². The summed E-state index contributed by atoms with van der Waals surface area (Å²) in [5.41, 5.74) is 3.75. The summed E-state index contributed by atoms with van der Waals surface area (Å²) in [6.07, 6.45) is -1.42. The van der Waals surface area contributed by atoms with Gasteiger partial charge in [0, 0.05) is 6.42 Å². The molecule has 6 rings (SSSR count). The summed E-state index contributed by atoms with van der Waals surface area (Å²) in [5, 5.41) is 0. The van der Waals surface area contributed by atoms with Crippen molar-refractivity contribution in [1.29, 1.82) is 0 Å². The summed E-state index contributed by atoms with van der Waals surface area (Å²) in [4.78, 5) is 28.6. The fraction of sp³-hybridized carbons (Fsp3) is 0.257. The van der Waals surface area contributed by atoms with Crippen LogP contribution in [0.25, 0.3) is 0 Å². The molecule has 0 spiro atoms. The maximum Gasteiger partial charge on any atom is 0.262 e. The van der Waals surface area contributed by atoms with Crippen LogP contribution in [-0.4, -0.2) is 47.9 Å². The normalized spacial score (nSPS) is 21.9. The molecule has 0 saturated carbocycles. The third kappa shape index (κ3) is 6.35. The number of amides is 2. The number of benzene rings is 4. The van der Waals surface area contributed by atoms with E-state index in [1.54, 1.807) is 24.3 Å². The van der Waals surface area contributed by atoms with Gasteiger partial charge in [-0.1, -0.05) is 103 Å². The predicted molar refractivity (Wildman–Crippen MR) is 156 cm³/mol. The monoisotopic (exact) mass is 563 g/mol. The van der Waals surface area contributed by atoms with Crippen molar-refractivity contribution in [1.82, 2.24) is 4.90 Å². The average Bonchev–Trinajstić information content (AvgIpc) is 3.29. The molecular formula is C35H33NO6. The van der Waals surface area contributed by atoms with E-state index in [4.69, 9.17) is 18.9 Å². The minimum Gasteiger partial charge on any atom is -0.374 e. The first-order valence-corrected chi connectivity index (χ1v) is 14.2. The fourth-order valence-corrected chi connectivity index (χ4v) is 5.49. The third-order valence-corrected chi connectivity index (χ3v) is 7.58. The zero-order chi connectivity index (χ0) is 28.7.